The minimum atomic E-state index is -0.384. The van der Waals surface area contributed by atoms with E-state index in [4.69, 9.17) is 4.74 Å². The number of hydrogen-bond acceptors (Lipinski definition) is 4. The van der Waals surface area contributed by atoms with E-state index in [0.717, 1.165) is 10.8 Å². The average molecular weight is 254 g/mol. The normalized spacial score (nSPS) is 16.9. The summed E-state index contributed by atoms with van der Waals surface area (Å²) in [5.41, 5.74) is 0.941. The molecular formula is C12H18N2O2S. The molecule has 0 radical (unpaired) electrons. The number of ether oxygens (including phenoxy) is 1. The second-order valence-corrected chi connectivity index (χ2v) is 5.42. The summed E-state index contributed by atoms with van der Waals surface area (Å²) >= 11 is 1.48. The highest BCUT2D eigenvalue weighted by molar-refractivity contribution is 7.14. The number of hydrogen-bond donors (Lipinski definition) is 0. The zero-order valence-corrected chi connectivity index (χ0v) is 11.3. The molecule has 4 nitrogen and oxygen atoms in total. The highest BCUT2D eigenvalue weighted by Gasteiger charge is 2.26. The molecule has 1 atom stereocenters. The van der Waals surface area contributed by atoms with Gasteiger partial charge in [-0.2, -0.15) is 0 Å². The molecule has 1 amide bonds. The van der Waals surface area contributed by atoms with Crippen molar-refractivity contribution in [3.8, 4) is 0 Å². The molecule has 0 spiro atoms. The van der Waals surface area contributed by atoms with E-state index in [2.05, 4.69) is 4.98 Å². The van der Waals surface area contributed by atoms with Gasteiger partial charge < -0.3 is 4.74 Å². The van der Waals surface area contributed by atoms with E-state index >= 15 is 0 Å². The monoisotopic (exact) mass is 254 g/mol. The number of rotatable bonds is 5. The van der Waals surface area contributed by atoms with Gasteiger partial charge in [0, 0.05) is 12.4 Å². The lowest BCUT2D eigenvalue weighted by molar-refractivity contribution is -0.128. The van der Waals surface area contributed by atoms with E-state index in [-0.39, 0.29) is 12.0 Å². The van der Waals surface area contributed by atoms with Gasteiger partial charge in [-0.1, -0.05) is 0 Å². The second-order valence-electron chi connectivity index (χ2n) is 4.59. The number of thiazole rings is 1. The molecule has 1 unspecified atom stereocenters. The van der Waals surface area contributed by atoms with Crippen LogP contribution in [0.2, 0.25) is 0 Å². The second kappa shape index (κ2) is 5.14. The molecule has 94 valence electrons. The van der Waals surface area contributed by atoms with Gasteiger partial charge in [-0.3, -0.25) is 9.69 Å². The summed E-state index contributed by atoms with van der Waals surface area (Å²) in [6.07, 6.45) is 2.09. The fourth-order valence-electron chi connectivity index (χ4n) is 1.50. The Hall–Kier alpha value is -0.940. The van der Waals surface area contributed by atoms with E-state index in [1.54, 1.807) is 11.9 Å². The maximum atomic E-state index is 12.1. The fraction of sp³-hybridized carbons (Fsp3) is 0.667. The molecule has 0 bridgehead atoms. The zero-order chi connectivity index (χ0) is 12.4. The molecule has 1 aliphatic carbocycles. The van der Waals surface area contributed by atoms with E-state index in [1.165, 1.54) is 24.2 Å². The van der Waals surface area contributed by atoms with Crippen LogP contribution in [0, 0.1) is 12.8 Å². The van der Waals surface area contributed by atoms with Gasteiger partial charge in [0.1, 0.15) is 6.10 Å². The Balaban J connectivity index is 1.88. The van der Waals surface area contributed by atoms with Crippen molar-refractivity contribution in [2.24, 2.45) is 5.92 Å². The number of likely N-dealkylation sites (N-methyl/N-ethyl adjacent to an activating group) is 1. The first-order valence-electron chi connectivity index (χ1n) is 5.89. The molecule has 0 N–H and O–H groups in total. The molecule has 1 aromatic heterocycles. The summed E-state index contributed by atoms with van der Waals surface area (Å²) in [5, 5.41) is 2.67. The van der Waals surface area contributed by atoms with Gasteiger partial charge in [-0.25, -0.2) is 4.98 Å². The summed E-state index contributed by atoms with van der Waals surface area (Å²) in [4.78, 5) is 17.9. The summed E-state index contributed by atoms with van der Waals surface area (Å²) in [5.74, 6) is 0.651. The summed E-state index contributed by atoms with van der Waals surface area (Å²) in [6.45, 7) is 4.44. The summed E-state index contributed by atoms with van der Waals surface area (Å²) in [6, 6.07) is 0. The zero-order valence-electron chi connectivity index (χ0n) is 10.5. The van der Waals surface area contributed by atoms with Crippen LogP contribution >= 0.6 is 11.3 Å². The maximum absolute atomic E-state index is 12.1. The quantitative estimate of drug-likeness (QED) is 0.809. The fourth-order valence-corrected chi connectivity index (χ4v) is 2.27. The van der Waals surface area contributed by atoms with Crippen molar-refractivity contribution in [3.05, 3.63) is 11.1 Å². The van der Waals surface area contributed by atoms with Crippen molar-refractivity contribution in [1.82, 2.24) is 4.98 Å². The van der Waals surface area contributed by atoms with E-state index < -0.39 is 0 Å². The number of carbonyl (C=O) groups is 1. The number of amides is 1. The molecule has 17 heavy (non-hydrogen) atoms. The van der Waals surface area contributed by atoms with Crippen LogP contribution in [0.25, 0.3) is 0 Å². The van der Waals surface area contributed by atoms with Crippen LogP contribution in [0.1, 0.15) is 25.5 Å². The third kappa shape index (κ3) is 3.26. The standard InChI is InChI=1S/C12H18N2O2S/c1-8-7-17-12(13-8)14(3)11(15)9(2)16-6-10-4-5-10/h7,9-10H,4-6H2,1-3H3. The van der Waals surface area contributed by atoms with Gasteiger partial charge in [-0.15, -0.1) is 11.3 Å². The first-order chi connectivity index (χ1) is 8.08. The molecule has 1 saturated carbocycles. The third-order valence-corrected chi connectivity index (χ3v) is 3.89. The number of aryl methyl sites for hydroxylation is 1. The summed E-state index contributed by atoms with van der Waals surface area (Å²) < 4.78 is 5.56. The van der Waals surface area contributed by atoms with E-state index in [9.17, 15) is 4.79 Å². The molecule has 5 heteroatoms. The first kappa shape index (κ1) is 12.5. The Kier molecular flexibility index (Phi) is 3.79. The molecular weight excluding hydrogens is 236 g/mol. The first-order valence-corrected chi connectivity index (χ1v) is 6.77. The molecule has 0 aliphatic heterocycles. The van der Waals surface area contributed by atoms with Crippen molar-refractivity contribution >= 4 is 22.4 Å². The number of anilines is 1. The number of carbonyl (C=O) groups excluding carboxylic acids is 1. The van der Waals surface area contributed by atoms with Gasteiger partial charge in [-0.05, 0) is 32.6 Å². The Morgan fingerprint density at radius 1 is 1.71 bits per heavy atom. The van der Waals surface area contributed by atoms with Gasteiger partial charge in [0.15, 0.2) is 5.13 Å². The minimum absolute atomic E-state index is 0.0278. The van der Waals surface area contributed by atoms with E-state index in [1.807, 2.05) is 19.2 Å². The van der Waals surface area contributed by atoms with Crippen LogP contribution in [0.4, 0.5) is 5.13 Å². The van der Waals surface area contributed by atoms with Crippen LogP contribution in [0.5, 0.6) is 0 Å². The molecule has 0 aromatic carbocycles. The average Bonchev–Trinajstić information content (AvgIpc) is 3.05. The van der Waals surface area contributed by atoms with Gasteiger partial charge >= 0.3 is 0 Å². The van der Waals surface area contributed by atoms with Crippen molar-refractivity contribution in [2.45, 2.75) is 32.8 Å². The van der Waals surface area contributed by atoms with Crippen LogP contribution in [0.3, 0.4) is 0 Å². The van der Waals surface area contributed by atoms with Crippen molar-refractivity contribution in [2.75, 3.05) is 18.6 Å². The molecule has 1 heterocycles. The smallest absolute Gasteiger partial charge is 0.257 e. The van der Waals surface area contributed by atoms with Crippen LogP contribution in [-0.2, 0) is 9.53 Å². The number of aromatic nitrogens is 1. The largest absolute Gasteiger partial charge is 0.368 e. The van der Waals surface area contributed by atoms with Gasteiger partial charge in [0.2, 0.25) is 0 Å². The van der Waals surface area contributed by atoms with Crippen LogP contribution in [-0.4, -0.2) is 30.6 Å². The molecule has 1 fully saturated rings. The lowest BCUT2D eigenvalue weighted by Crippen LogP contribution is -2.36. The molecule has 1 aliphatic rings. The Bertz CT molecular complexity index is 401. The Labute approximate surface area is 106 Å². The molecule has 1 aromatic rings. The highest BCUT2D eigenvalue weighted by atomic mass is 32.1. The van der Waals surface area contributed by atoms with Crippen LogP contribution in [0.15, 0.2) is 5.38 Å². The summed E-state index contributed by atoms with van der Waals surface area (Å²) in [7, 11) is 1.75. The minimum Gasteiger partial charge on any atom is -0.368 e. The van der Waals surface area contributed by atoms with Crippen molar-refractivity contribution < 1.29 is 9.53 Å². The van der Waals surface area contributed by atoms with Gasteiger partial charge in [0.25, 0.3) is 5.91 Å². The van der Waals surface area contributed by atoms with Crippen molar-refractivity contribution in [1.29, 1.82) is 0 Å². The maximum Gasteiger partial charge on any atom is 0.257 e. The lowest BCUT2D eigenvalue weighted by atomic mass is 10.3. The third-order valence-electron chi connectivity index (χ3n) is 2.85. The Morgan fingerprint density at radius 3 is 2.94 bits per heavy atom. The SMILES string of the molecule is Cc1csc(N(C)C(=O)C(C)OCC2CC2)n1. The van der Waals surface area contributed by atoms with Gasteiger partial charge in [0.05, 0.1) is 12.3 Å². The predicted molar refractivity (Wildman–Crippen MR) is 68.4 cm³/mol. The Morgan fingerprint density at radius 2 is 2.41 bits per heavy atom. The lowest BCUT2D eigenvalue weighted by Gasteiger charge is -2.19. The predicted octanol–water partition coefficient (Wildman–Crippen LogP) is 2.23. The highest BCUT2D eigenvalue weighted by Crippen LogP contribution is 2.29. The topological polar surface area (TPSA) is 42.4 Å². The molecule has 0 saturated heterocycles. The molecule has 2 rings (SSSR count). The number of nitrogens with zero attached hydrogens (tertiary/aromatic N) is 2. The van der Waals surface area contributed by atoms with E-state index in [0.29, 0.717) is 12.5 Å². The van der Waals surface area contributed by atoms with Crippen molar-refractivity contribution in [3.63, 3.8) is 0 Å². The van der Waals surface area contributed by atoms with Crippen LogP contribution < -0.4 is 4.90 Å².